The Labute approximate surface area is 106 Å². The van der Waals surface area contributed by atoms with Gasteiger partial charge < -0.3 is 20.5 Å². The third kappa shape index (κ3) is 3.92. The zero-order valence-electron chi connectivity index (χ0n) is 10.2. The van der Waals surface area contributed by atoms with E-state index < -0.39 is 0 Å². The topological polar surface area (TPSA) is 73.6 Å². The van der Waals surface area contributed by atoms with E-state index >= 15 is 0 Å². The summed E-state index contributed by atoms with van der Waals surface area (Å²) < 4.78 is 10.6. The van der Waals surface area contributed by atoms with Crippen LogP contribution in [-0.4, -0.2) is 31.8 Å². The molecule has 1 aromatic carbocycles. The molecule has 1 heterocycles. The van der Waals surface area contributed by atoms with Gasteiger partial charge in [0.05, 0.1) is 25.7 Å². The normalized spacial score (nSPS) is 18.6. The van der Waals surface area contributed by atoms with Crippen molar-refractivity contribution in [2.24, 2.45) is 0 Å². The molecule has 1 aromatic rings. The van der Waals surface area contributed by atoms with Crippen LogP contribution in [-0.2, 0) is 9.53 Å². The molecule has 1 unspecified atom stereocenters. The van der Waals surface area contributed by atoms with E-state index in [1.807, 2.05) is 12.1 Å². The Morgan fingerprint density at radius 2 is 2.44 bits per heavy atom. The molecule has 5 nitrogen and oxygen atoms in total. The number of hydrogen-bond acceptors (Lipinski definition) is 4. The van der Waals surface area contributed by atoms with Crippen LogP contribution < -0.4 is 15.8 Å². The zero-order valence-corrected chi connectivity index (χ0v) is 10.2. The molecular weight excluding hydrogens is 232 g/mol. The molecular formula is C13H18N2O3. The van der Waals surface area contributed by atoms with Gasteiger partial charge in [-0.1, -0.05) is 6.07 Å². The average molecular weight is 250 g/mol. The first-order chi connectivity index (χ1) is 8.74. The summed E-state index contributed by atoms with van der Waals surface area (Å²) in [4.78, 5) is 11.6. The van der Waals surface area contributed by atoms with E-state index in [9.17, 15) is 4.79 Å². The number of benzene rings is 1. The first-order valence-electron chi connectivity index (χ1n) is 6.09. The molecule has 1 saturated heterocycles. The molecule has 0 aliphatic carbocycles. The first-order valence-corrected chi connectivity index (χ1v) is 6.09. The highest BCUT2D eigenvalue weighted by Gasteiger charge is 2.17. The summed E-state index contributed by atoms with van der Waals surface area (Å²) >= 11 is 0. The monoisotopic (exact) mass is 250 g/mol. The minimum atomic E-state index is -0.00518. The maximum absolute atomic E-state index is 11.6. The van der Waals surface area contributed by atoms with Crippen molar-refractivity contribution in [3.63, 3.8) is 0 Å². The van der Waals surface area contributed by atoms with Crippen LogP contribution in [0.5, 0.6) is 5.75 Å². The van der Waals surface area contributed by atoms with E-state index in [1.54, 1.807) is 12.1 Å². The van der Waals surface area contributed by atoms with Crippen molar-refractivity contribution in [2.45, 2.75) is 18.9 Å². The van der Waals surface area contributed by atoms with Gasteiger partial charge in [0, 0.05) is 18.4 Å². The third-order valence-electron chi connectivity index (χ3n) is 2.75. The molecule has 1 atom stereocenters. The lowest BCUT2D eigenvalue weighted by atomic mass is 10.2. The van der Waals surface area contributed by atoms with Crippen molar-refractivity contribution in [1.82, 2.24) is 5.32 Å². The molecule has 2 rings (SSSR count). The second kappa shape index (κ2) is 6.26. The highest BCUT2D eigenvalue weighted by Crippen LogP contribution is 2.14. The SMILES string of the molecule is Nc1cccc(OCCC(=O)NC2CCOC2)c1. The van der Waals surface area contributed by atoms with E-state index in [0.717, 1.165) is 13.0 Å². The number of nitrogen functional groups attached to an aromatic ring is 1. The number of anilines is 1. The quantitative estimate of drug-likeness (QED) is 0.763. The van der Waals surface area contributed by atoms with Crippen LogP contribution in [0.1, 0.15) is 12.8 Å². The van der Waals surface area contributed by atoms with Crippen molar-refractivity contribution in [3.8, 4) is 5.75 Å². The van der Waals surface area contributed by atoms with Crippen LogP contribution in [0.15, 0.2) is 24.3 Å². The van der Waals surface area contributed by atoms with E-state index in [2.05, 4.69) is 5.32 Å². The molecule has 1 amide bonds. The number of amides is 1. The van der Waals surface area contributed by atoms with Gasteiger partial charge >= 0.3 is 0 Å². The summed E-state index contributed by atoms with van der Waals surface area (Å²) in [5.74, 6) is 0.682. The lowest BCUT2D eigenvalue weighted by Gasteiger charge is -2.11. The van der Waals surface area contributed by atoms with Gasteiger partial charge in [0.1, 0.15) is 5.75 Å². The Kier molecular flexibility index (Phi) is 4.41. The van der Waals surface area contributed by atoms with Gasteiger partial charge in [-0.05, 0) is 18.6 Å². The Morgan fingerprint density at radius 3 is 3.17 bits per heavy atom. The summed E-state index contributed by atoms with van der Waals surface area (Å²) in [7, 11) is 0. The largest absolute Gasteiger partial charge is 0.493 e. The van der Waals surface area contributed by atoms with E-state index in [1.165, 1.54) is 0 Å². The predicted octanol–water partition coefficient (Wildman–Crippen LogP) is 0.943. The summed E-state index contributed by atoms with van der Waals surface area (Å²) in [5, 5.41) is 2.91. The molecule has 18 heavy (non-hydrogen) atoms. The van der Waals surface area contributed by atoms with Gasteiger partial charge in [0.15, 0.2) is 0 Å². The Morgan fingerprint density at radius 1 is 1.56 bits per heavy atom. The van der Waals surface area contributed by atoms with Crippen molar-refractivity contribution >= 4 is 11.6 Å². The van der Waals surface area contributed by atoms with Crippen LogP contribution in [0.4, 0.5) is 5.69 Å². The molecule has 0 radical (unpaired) electrons. The molecule has 3 N–H and O–H groups in total. The molecule has 0 aromatic heterocycles. The molecule has 5 heteroatoms. The number of carbonyl (C=O) groups excluding carboxylic acids is 1. The lowest BCUT2D eigenvalue weighted by molar-refractivity contribution is -0.122. The standard InChI is InChI=1S/C13H18N2O3/c14-10-2-1-3-12(8-10)18-7-5-13(16)15-11-4-6-17-9-11/h1-3,8,11H,4-7,9,14H2,(H,15,16). The molecule has 1 aliphatic rings. The van der Waals surface area contributed by atoms with Crippen LogP contribution in [0, 0.1) is 0 Å². The minimum absolute atomic E-state index is 0.00518. The number of carbonyl (C=O) groups is 1. The number of rotatable bonds is 5. The van der Waals surface area contributed by atoms with Crippen LogP contribution in [0.3, 0.4) is 0 Å². The summed E-state index contributed by atoms with van der Waals surface area (Å²) in [6.45, 7) is 1.69. The fraction of sp³-hybridized carbons (Fsp3) is 0.462. The number of hydrogen-bond donors (Lipinski definition) is 2. The zero-order chi connectivity index (χ0) is 12.8. The van der Waals surface area contributed by atoms with Gasteiger partial charge in [0.25, 0.3) is 0 Å². The summed E-state index contributed by atoms with van der Waals surface area (Å²) in [5.41, 5.74) is 6.28. The molecule has 0 bridgehead atoms. The van der Waals surface area contributed by atoms with Crippen molar-refractivity contribution in [1.29, 1.82) is 0 Å². The second-order valence-corrected chi connectivity index (χ2v) is 4.30. The fourth-order valence-electron chi connectivity index (χ4n) is 1.81. The summed E-state index contributed by atoms with van der Waals surface area (Å²) in [6, 6.07) is 7.33. The van der Waals surface area contributed by atoms with Gasteiger partial charge in [-0.2, -0.15) is 0 Å². The maximum Gasteiger partial charge on any atom is 0.223 e. The van der Waals surface area contributed by atoms with Gasteiger partial charge in [-0.15, -0.1) is 0 Å². The van der Waals surface area contributed by atoms with Crippen molar-refractivity contribution < 1.29 is 14.3 Å². The average Bonchev–Trinajstić information content (AvgIpc) is 2.82. The van der Waals surface area contributed by atoms with Crippen molar-refractivity contribution in [3.05, 3.63) is 24.3 Å². The fourth-order valence-corrected chi connectivity index (χ4v) is 1.81. The number of nitrogens with one attached hydrogen (secondary N) is 1. The Hall–Kier alpha value is -1.75. The third-order valence-corrected chi connectivity index (χ3v) is 2.75. The molecule has 0 spiro atoms. The van der Waals surface area contributed by atoms with Crippen LogP contribution >= 0.6 is 0 Å². The maximum atomic E-state index is 11.6. The van der Waals surface area contributed by atoms with E-state index in [0.29, 0.717) is 31.1 Å². The number of nitrogens with two attached hydrogens (primary N) is 1. The van der Waals surface area contributed by atoms with Crippen LogP contribution in [0.25, 0.3) is 0 Å². The van der Waals surface area contributed by atoms with Gasteiger partial charge in [0.2, 0.25) is 5.91 Å². The minimum Gasteiger partial charge on any atom is -0.493 e. The van der Waals surface area contributed by atoms with Gasteiger partial charge in [-0.3, -0.25) is 4.79 Å². The molecule has 0 saturated carbocycles. The van der Waals surface area contributed by atoms with E-state index in [4.69, 9.17) is 15.2 Å². The molecule has 1 aliphatic heterocycles. The smallest absolute Gasteiger partial charge is 0.223 e. The highest BCUT2D eigenvalue weighted by molar-refractivity contribution is 5.76. The first kappa shape index (κ1) is 12.7. The molecule has 1 fully saturated rings. The second-order valence-electron chi connectivity index (χ2n) is 4.30. The van der Waals surface area contributed by atoms with Crippen LogP contribution in [0.2, 0.25) is 0 Å². The summed E-state index contributed by atoms with van der Waals surface area (Å²) in [6.07, 6.45) is 1.23. The lowest BCUT2D eigenvalue weighted by Crippen LogP contribution is -2.35. The predicted molar refractivity (Wildman–Crippen MR) is 68.3 cm³/mol. The van der Waals surface area contributed by atoms with Gasteiger partial charge in [-0.25, -0.2) is 0 Å². The van der Waals surface area contributed by atoms with Crippen molar-refractivity contribution in [2.75, 3.05) is 25.6 Å². The molecule has 98 valence electrons. The Balaban J connectivity index is 1.66. The van der Waals surface area contributed by atoms with E-state index in [-0.39, 0.29) is 11.9 Å². The Bertz CT molecular complexity index is 403. The highest BCUT2D eigenvalue weighted by atomic mass is 16.5. The number of ether oxygens (including phenoxy) is 2.